The predicted molar refractivity (Wildman–Crippen MR) is 143 cm³/mol. The fourth-order valence-corrected chi connectivity index (χ4v) is 5.79. The fraction of sp³-hybridized carbons (Fsp3) is 0.464. The van der Waals surface area contributed by atoms with Gasteiger partial charge in [-0.3, -0.25) is 18.8 Å². The van der Waals surface area contributed by atoms with E-state index < -0.39 is 5.60 Å². The molecule has 40 heavy (non-hydrogen) atoms. The molecule has 0 radical (unpaired) electrons. The Morgan fingerprint density at radius 3 is 2.50 bits per heavy atom. The summed E-state index contributed by atoms with van der Waals surface area (Å²) < 4.78 is 23.9. The summed E-state index contributed by atoms with van der Waals surface area (Å²) in [5.74, 6) is 0.486. The Balaban J connectivity index is 1.05. The van der Waals surface area contributed by atoms with Gasteiger partial charge in [0, 0.05) is 26.1 Å². The van der Waals surface area contributed by atoms with E-state index in [4.69, 9.17) is 4.74 Å². The van der Waals surface area contributed by atoms with Crippen LogP contribution in [0.5, 0.6) is 5.75 Å². The van der Waals surface area contributed by atoms with E-state index in [2.05, 4.69) is 15.2 Å². The maximum atomic E-state index is 13.3. The minimum absolute atomic E-state index is 0.0354. The van der Waals surface area contributed by atoms with E-state index in [0.717, 1.165) is 31.4 Å². The molecule has 4 heterocycles. The van der Waals surface area contributed by atoms with Crippen LogP contribution in [0.15, 0.2) is 54.0 Å². The molecule has 1 aliphatic heterocycles. The number of fused-ring (bicyclic) bond motifs is 1. The normalized spacial score (nSPS) is 21.0. The molecule has 0 bridgehead atoms. The number of aryl methyl sites for hydroxylation is 1. The quantitative estimate of drug-likeness (QED) is 0.392. The second kappa shape index (κ2) is 10.5. The zero-order chi connectivity index (χ0) is 27.9. The molecule has 2 aliphatic rings. The number of hydrogen-bond acceptors (Lipinski definition) is 7. The number of aliphatic hydroxyl groups is 1. The molecular formula is C28H32FN7O4. The first-order valence-corrected chi connectivity index (χ1v) is 13.6. The molecule has 1 amide bonds. The number of carbonyl (C=O) groups is 1. The highest BCUT2D eigenvalue weighted by molar-refractivity contribution is 5.79. The van der Waals surface area contributed by atoms with Crippen LogP contribution in [-0.4, -0.2) is 69.8 Å². The monoisotopic (exact) mass is 549 g/mol. The van der Waals surface area contributed by atoms with Gasteiger partial charge in [0.2, 0.25) is 5.91 Å². The Kier molecular flexibility index (Phi) is 6.87. The number of ether oxygens (including phenoxy) is 1. The zero-order valence-corrected chi connectivity index (χ0v) is 22.3. The number of hydrogen-bond donors (Lipinski definition) is 1. The average molecular weight is 550 g/mol. The van der Waals surface area contributed by atoms with Crippen LogP contribution in [0, 0.1) is 11.7 Å². The van der Waals surface area contributed by atoms with Crippen LogP contribution in [0.1, 0.15) is 38.5 Å². The van der Waals surface area contributed by atoms with Crippen LogP contribution in [0.3, 0.4) is 0 Å². The Morgan fingerprint density at radius 1 is 1.10 bits per heavy atom. The second-order valence-corrected chi connectivity index (χ2v) is 10.9. The van der Waals surface area contributed by atoms with Crippen LogP contribution < -0.4 is 10.3 Å². The van der Waals surface area contributed by atoms with Crippen LogP contribution in [0.25, 0.3) is 16.7 Å². The number of piperidine rings is 1. The van der Waals surface area contributed by atoms with E-state index >= 15 is 0 Å². The summed E-state index contributed by atoms with van der Waals surface area (Å²) in [7, 11) is 1.85. The molecule has 11 nitrogen and oxygen atoms in total. The maximum Gasteiger partial charge on any atom is 0.264 e. The van der Waals surface area contributed by atoms with Gasteiger partial charge in [0.25, 0.3) is 5.56 Å². The number of aromatic nitrogens is 6. The van der Waals surface area contributed by atoms with Crippen molar-refractivity contribution in [2.24, 2.45) is 13.0 Å². The van der Waals surface area contributed by atoms with Crippen molar-refractivity contribution in [3.8, 4) is 11.4 Å². The minimum atomic E-state index is -1.13. The molecular weight excluding hydrogens is 517 g/mol. The standard InChI is InChI=1S/C28H32FN7O4/c1-33-16-23(14-31-33)40-22-8-2-19(3-9-22)26(37)34-12-10-28(39,11-13-34)17-35-18-30-25-24(27(35)38)15-32-36(25)21-6-4-20(29)5-7-21/h4-7,14-16,18-19,22,39H,2-3,8-13,17H2,1H3/t19-,22+. The van der Waals surface area contributed by atoms with E-state index in [1.54, 1.807) is 23.0 Å². The number of amides is 1. The Hall–Kier alpha value is -4.06. The summed E-state index contributed by atoms with van der Waals surface area (Å²) in [6.07, 6.45) is 10.4. The van der Waals surface area contributed by atoms with Crippen LogP contribution in [-0.2, 0) is 18.4 Å². The van der Waals surface area contributed by atoms with E-state index in [9.17, 15) is 19.1 Å². The molecule has 4 aromatic rings. The zero-order valence-electron chi connectivity index (χ0n) is 22.3. The smallest absolute Gasteiger partial charge is 0.264 e. The molecule has 12 heteroatoms. The lowest BCUT2D eigenvalue weighted by molar-refractivity contribution is -0.141. The third-order valence-electron chi connectivity index (χ3n) is 8.10. The largest absolute Gasteiger partial charge is 0.487 e. The lowest BCUT2D eigenvalue weighted by Gasteiger charge is -2.40. The highest BCUT2D eigenvalue weighted by atomic mass is 19.1. The Labute approximate surface area is 229 Å². The lowest BCUT2D eigenvalue weighted by atomic mass is 9.85. The minimum Gasteiger partial charge on any atom is -0.487 e. The van der Waals surface area contributed by atoms with Crippen LogP contribution in [0.2, 0.25) is 0 Å². The summed E-state index contributed by atoms with van der Waals surface area (Å²) in [5.41, 5.74) is -0.486. The van der Waals surface area contributed by atoms with Gasteiger partial charge < -0.3 is 14.7 Å². The van der Waals surface area contributed by atoms with Gasteiger partial charge in [-0.25, -0.2) is 14.1 Å². The molecule has 1 N–H and O–H groups in total. The number of halogens is 1. The van der Waals surface area contributed by atoms with Crippen molar-refractivity contribution in [2.75, 3.05) is 13.1 Å². The third-order valence-corrected chi connectivity index (χ3v) is 8.10. The van der Waals surface area contributed by atoms with Gasteiger partial charge in [-0.1, -0.05) is 0 Å². The maximum absolute atomic E-state index is 13.3. The predicted octanol–water partition coefficient (Wildman–Crippen LogP) is 2.45. The van der Waals surface area contributed by atoms with E-state index in [0.29, 0.717) is 42.7 Å². The summed E-state index contributed by atoms with van der Waals surface area (Å²) in [6.45, 7) is 0.956. The number of benzene rings is 1. The molecule has 6 rings (SSSR count). The van der Waals surface area contributed by atoms with E-state index in [-0.39, 0.29) is 35.9 Å². The fourth-order valence-electron chi connectivity index (χ4n) is 5.79. The first-order valence-electron chi connectivity index (χ1n) is 13.6. The molecule has 1 aliphatic carbocycles. The summed E-state index contributed by atoms with van der Waals surface area (Å²) in [6, 6.07) is 5.77. The average Bonchev–Trinajstić information content (AvgIpc) is 3.57. The van der Waals surface area contributed by atoms with E-state index in [1.807, 2.05) is 18.1 Å². The van der Waals surface area contributed by atoms with Gasteiger partial charge in [0.05, 0.1) is 42.5 Å². The van der Waals surface area contributed by atoms with Crippen molar-refractivity contribution >= 4 is 16.9 Å². The number of likely N-dealkylation sites (tertiary alicyclic amines) is 1. The van der Waals surface area contributed by atoms with Crippen molar-refractivity contribution in [1.82, 2.24) is 34.0 Å². The van der Waals surface area contributed by atoms with Gasteiger partial charge in [0.15, 0.2) is 11.4 Å². The Bertz CT molecular complexity index is 1560. The topological polar surface area (TPSA) is 120 Å². The summed E-state index contributed by atoms with van der Waals surface area (Å²) in [5, 5.41) is 20.0. The highest BCUT2D eigenvalue weighted by Crippen LogP contribution is 2.31. The van der Waals surface area contributed by atoms with Crippen molar-refractivity contribution in [1.29, 1.82) is 0 Å². The lowest BCUT2D eigenvalue weighted by Crippen LogP contribution is -2.51. The molecule has 1 aromatic carbocycles. The van der Waals surface area contributed by atoms with Crippen molar-refractivity contribution in [3.05, 3.63) is 65.4 Å². The summed E-state index contributed by atoms with van der Waals surface area (Å²) in [4.78, 5) is 32.7. The molecule has 210 valence electrons. The first-order chi connectivity index (χ1) is 19.3. The molecule has 3 aromatic heterocycles. The first kappa shape index (κ1) is 26.2. The second-order valence-electron chi connectivity index (χ2n) is 10.9. The van der Waals surface area contributed by atoms with Gasteiger partial charge >= 0.3 is 0 Å². The molecule has 0 atom stereocenters. The van der Waals surface area contributed by atoms with Crippen molar-refractivity contribution in [3.63, 3.8) is 0 Å². The number of nitrogens with zero attached hydrogens (tertiary/aromatic N) is 7. The van der Waals surface area contributed by atoms with Gasteiger partial charge in [-0.05, 0) is 62.8 Å². The Morgan fingerprint density at radius 2 is 1.82 bits per heavy atom. The van der Waals surface area contributed by atoms with Gasteiger partial charge in [0.1, 0.15) is 17.5 Å². The van der Waals surface area contributed by atoms with Crippen molar-refractivity contribution < 1.29 is 19.0 Å². The van der Waals surface area contributed by atoms with E-state index in [1.165, 1.54) is 33.9 Å². The summed E-state index contributed by atoms with van der Waals surface area (Å²) >= 11 is 0. The molecule has 2 fully saturated rings. The SMILES string of the molecule is Cn1cc(O[C@H]2CC[C@@H](C(=O)N3CCC(O)(Cn4cnc5c(cnn5-c5ccc(F)cc5)c4=O)CC3)CC2)cn1. The number of carbonyl (C=O) groups excluding carboxylic acids is 1. The van der Waals surface area contributed by atoms with Crippen LogP contribution >= 0.6 is 0 Å². The molecule has 0 unspecified atom stereocenters. The van der Waals surface area contributed by atoms with Gasteiger partial charge in [-0.15, -0.1) is 0 Å². The van der Waals surface area contributed by atoms with Gasteiger partial charge in [-0.2, -0.15) is 10.2 Å². The van der Waals surface area contributed by atoms with Crippen LogP contribution in [0.4, 0.5) is 4.39 Å². The number of rotatable bonds is 6. The third kappa shape index (κ3) is 5.23. The van der Waals surface area contributed by atoms with Crippen molar-refractivity contribution in [2.45, 2.75) is 56.8 Å². The highest BCUT2D eigenvalue weighted by Gasteiger charge is 2.37. The molecule has 0 spiro atoms. The molecule has 1 saturated carbocycles. The molecule has 1 saturated heterocycles.